The summed E-state index contributed by atoms with van der Waals surface area (Å²) in [6.07, 6.45) is 2.90. The lowest BCUT2D eigenvalue weighted by molar-refractivity contribution is -0.0763. The molecule has 47 heavy (non-hydrogen) atoms. The number of aryl methyl sites for hydroxylation is 3. The fourth-order valence-electron chi connectivity index (χ4n) is 6.50. The minimum atomic E-state index is -3.78. The fourth-order valence-corrected chi connectivity index (χ4v) is 8.14. The molecule has 1 saturated heterocycles. The van der Waals surface area contributed by atoms with E-state index in [0.29, 0.717) is 81.4 Å². The number of piperidine rings is 1. The number of carbonyl (C=O) groups is 1. The molecular formula is C32H34ClF2N5O5S2. The molecule has 1 aromatic carbocycles. The number of benzene rings is 1. The van der Waals surface area contributed by atoms with Gasteiger partial charge < -0.3 is 4.74 Å². The maximum atomic E-state index is 14.1. The van der Waals surface area contributed by atoms with Crippen LogP contribution in [-0.4, -0.2) is 71.7 Å². The van der Waals surface area contributed by atoms with E-state index in [1.54, 1.807) is 42.0 Å². The van der Waals surface area contributed by atoms with Crippen molar-refractivity contribution in [1.82, 2.24) is 24.2 Å². The molecule has 1 unspecified atom stereocenters. The number of rotatable bonds is 8. The van der Waals surface area contributed by atoms with Crippen molar-refractivity contribution in [3.63, 3.8) is 0 Å². The van der Waals surface area contributed by atoms with Crippen molar-refractivity contribution in [1.29, 1.82) is 0 Å². The zero-order valence-electron chi connectivity index (χ0n) is 26.1. The number of aromatic nitrogens is 3. The quantitative estimate of drug-likeness (QED) is 0.267. The van der Waals surface area contributed by atoms with Gasteiger partial charge in [-0.2, -0.15) is 0 Å². The molecule has 1 aliphatic heterocycles. The maximum absolute atomic E-state index is 14.1. The lowest BCUT2D eigenvalue weighted by atomic mass is 9.90. The van der Waals surface area contributed by atoms with Crippen LogP contribution in [0.3, 0.4) is 0 Å². The number of thiophene rings is 1. The Balaban J connectivity index is 1.25. The van der Waals surface area contributed by atoms with Gasteiger partial charge in [-0.05, 0) is 70.3 Å². The van der Waals surface area contributed by atoms with E-state index in [1.807, 2.05) is 15.7 Å². The number of sulfonamides is 1. The minimum absolute atomic E-state index is 0.0990. The third kappa shape index (κ3) is 7.20. The SMILES string of the molecule is Cc1cc(-c2cc(Cl)ccc2OCCn2c(C)nc3c(c2=O)CC(N2CCCC(F)(F)C2)CC3)c2scc(C(=O)NS(C)(=O)=O)c2n1. The first kappa shape index (κ1) is 33.4. The molecule has 15 heteroatoms. The summed E-state index contributed by atoms with van der Waals surface area (Å²) in [5, 5.41) is 2.01. The van der Waals surface area contributed by atoms with Crippen molar-refractivity contribution in [2.45, 2.75) is 64.5 Å². The van der Waals surface area contributed by atoms with Gasteiger partial charge in [0.2, 0.25) is 10.0 Å². The average Bonchev–Trinajstić information content (AvgIpc) is 3.41. The summed E-state index contributed by atoms with van der Waals surface area (Å²) < 4.78 is 62.1. The van der Waals surface area contributed by atoms with E-state index in [0.717, 1.165) is 11.9 Å². The molecule has 0 spiro atoms. The van der Waals surface area contributed by atoms with E-state index in [-0.39, 0.29) is 43.3 Å². The van der Waals surface area contributed by atoms with Gasteiger partial charge in [-0.15, -0.1) is 11.3 Å². The maximum Gasteiger partial charge on any atom is 0.267 e. The number of ether oxygens (including phenoxy) is 1. The lowest BCUT2D eigenvalue weighted by Crippen LogP contribution is -2.50. The normalized spacial score (nSPS) is 18.2. The predicted octanol–water partition coefficient (Wildman–Crippen LogP) is 5.15. The molecule has 3 aromatic heterocycles. The highest BCUT2D eigenvalue weighted by Crippen LogP contribution is 2.40. The molecule has 0 saturated carbocycles. The lowest BCUT2D eigenvalue weighted by Gasteiger charge is -2.39. The van der Waals surface area contributed by atoms with E-state index >= 15 is 0 Å². The monoisotopic (exact) mass is 705 g/mol. The largest absolute Gasteiger partial charge is 0.491 e. The molecule has 4 heterocycles. The van der Waals surface area contributed by atoms with E-state index in [2.05, 4.69) is 4.98 Å². The van der Waals surface area contributed by atoms with Gasteiger partial charge >= 0.3 is 0 Å². The minimum Gasteiger partial charge on any atom is -0.491 e. The van der Waals surface area contributed by atoms with Crippen LogP contribution in [0, 0.1) is 13.8 Å². The third-order valence-electron chi connectivity index (χ3n) is 8.61. The first-order valence-corrected chi connectivity index (χ1v) is 18.4. The third-order valence-corrected chi connectivity index (χ3v) is 10.4. The molecule has 0 bridgehead atoms. The van der Waals surface area contributed by atoms with Crippen molar-refractivity contribution < 1.29 is 26.7 Å². The molecule has 0 radical (unpaired) electrons. The average molecular weight is 706 g/mol. The van der Waals surface area contributed by atoms with Gasteiger partial charge in [-0.1, -0.05) is 11.6 Å². The van der Waals surface area contributed by atoms with Crippen molar-refractivity contribution in [3.8, 4) is 16.9 Å². The summed E-state index contributed by atoms with van der Waals surface area (Å²) in [6.45, 7) is 4.20. The molecule has 1 fully saturated rings. The Bertz CT molecular complexity index is 2050. The molecule has 1 atom stereocenters. The number of fused-ring (bicyclic) bond motifs is 2. The summed E-state index contributed by atoms with van der Waals surface area (Å²) in [7, 11) is -3.78. The van der Waals surface area contributed by atoms with Crippen LogP contribution in [-0.2, 0) is 29.4 Å². The van der Waals surface area contributed by atoms with Crippen LogP contribution in [0.4, 0.5) is 8.78 Å². The van der Waals surface area contributed by atoms with Crippen LogP contribution in [0.2, 0.25) is 5.02 Å². The number of nitrogens with zero attached hydrogens (tertiary/aromatic N) is 4. The second kappa shape index (κ2) is 12.9. The van der Waals surface area contributed by atoms with Crippen LogP contribution in [0.1, 0.15) is 52.4 Å². The van der Waals surface area contributed by atoms with Crippen molar-refractivity contribution in [3.05, 3.63) is 73.4 Å². The highest BCUT2D eigenvalue weighted by Gasteiger charge is 2.39. The number of halogens is 3. The highest BCUT2D eigenvalue weighted by molar-refractivity contribution is 7.89. The Kier molecular flexibility index (Phi) is 9.15. The second-order valence-electron chi connectivity index (χ2n) is 12.2. The van der Waals surface area contributed by atoms with Crippen LogP contribution < -0.4 is 15.0 Å². The van der Waals surface area contributed by atoms with Crippen molar-refractivity contribution in [2.75, 3.05) is 26.0 Å². The number of likely N-dealkylation sites (tertiary alicyclic amines) is 1. The molecular weight excluding hydrogens is 672 g/mol. The molecule has 6 rings (SSSR count). The molecule has 1 aliphatic carbocycles. The van der Waals surface area contributed by atoms with Crippen LogP contribution in [0.15, 0.2) is 34.4 Å². The number of hydrogen-bond donors (Lipinski definition) is 1. The Morgan fingerprint density at radius 2 is 2.00 bits per heavy atom. The van der Waals surface area contributed by atoms with Crippen LogP contribution >= 0.6 is 22.9 Å². The smallest absolute Gasteiger partial charge is 0.267 e. The zero-order chi connectivity index (χ0) is 33.7. The van der Waals surface area contributed by atoms with E-state index in [4.69, 9.17) is 21.3 Å². The summed E-state index contributed by atoms with van der Waals surface area (Å²) in [5.41, 5.74) is 3.57. The van der Waals surface area contributed by atoms with Crippen molar-refractivity contribution in [2.24, 2.45) is 0 Å². The van der Waals surface area contributed by atoms with E-state index in [1.165, 1.54) is 11.3 Å². The standard InChI is InChI=1S/C32H34ClF2N5O5S2/c1-18-13-23(29-28(36-18)25(16-46-29)30(41)38-47(3,43)44)22-14-20(33)5-8-27(22)45-12-11-40-19(2)37-26-7-6-21(15-24(26)31(40)42)39-10-4-9-32(34,35)17-39/h5,8,13-14,16,21H,4,6-7,9-12,15,17H2,1-3H3,(H,38,41). The van der Waals surface area contributed by atoms with E-state index in [9.17, 15) is 26.8 Å². The van der Waals surface area contributed by atoms with Gasteiger partial charge in [0.25, 0.3) is 17.4 Å². The topological polar surface area (TPSA) is 123 Å². The number of amides is 1. The number of hydrogen-bond acceptors (Lipinski definition) is 9. The summed E-state index contributed by atoms with van der Waals surface area (Å²) in [4.78, 5) is 37.5. The number of carbonyl (C=O) groups excluding carboxylic acids is 1. The summed E-state index contributed by atoms with van der Waals surface area (Å²) in [6, 6.07) is 6.87. The Morgan fingerprint density at radius 3 is 2.74 bits per heavy atom. The summed E-state index contributed by atoms with van der Waals surface area (Å²) in [5.74, 6) is -2.44. The van der Waals surface area contributed by atoms with Crippen LogP contribution in [0.25, 0.3) is 21.3 Å². The van der Waals surface area contributed by atoms with Gasteiger partial charge in [0.15, 0.2) is 0 Å². The Labute approximate surface area is 279 Å². The molecule has 1 N–H and O–H groups in total. The van der Waals surface area contributed by atoms with Gasteiger partial charge in [0.05, 0.1) is 40.8 Å². The molecule has 1 amide bonds. The van der Waals surface area contributed by atoms with E-state index < -0.39 is 21.9 Å². The number of nitrogens with one attached hydrogen (secondary N) is 1. The second-order valence-corrected chi connectivity index (χ2v) is 15.3. The van der Waals surface area contributed by atoms with Crippen molar-refractivity contribution >= 4 is 49.1 Å². The Morgan fingerprint density at radius 1 is 1.21 bits per heavy atom. The molecule has 4 aromatic rings. The number of pyridine rings is 1. The first-order valence-electron chi connectivity index (χ1n) is 15.2. The zero-order valence-corrected chi connectivity index (χ0v) is 28.5. The fraction of sp³-hybridized carbons (Fsp3) is 0.438. The van der Waals surface area contributed by atoms with Gasteiger partial charge in [-0.25, -0.2) is 26.9 Å². The first-order chi connectivity index (χ1) is 22.2. The Hall–Kier alpha value is -3.46. The number of alkyl halides is 2. The van der Waals surface area contributed by atoms with Crippen LogP contribution in [0.5, 0.6) is 5.75 Å². The predicted molar refractivity (Wildman–Crippen MR) is 177 cm³/mol. The van der Waals surface area contributed by atoms with Gasteiger partial charge in [0, 0.05) is 45.2 Å². The molecule has 250 valence electrons. The molecule has 2 aliphatic rings. The van der Waals surface area contributed by atoms with Gasteiger partial charge in [-0.3, -0.25) is 24.0 Å². The van der Waals surface area contributed by atoms with Gasteiger partial charge in [0.1, 0.15) is 18.2 Å². The summed E-state index contributed by atoms with van der Waals surface area (Å²) >= 11 is 7.66. The molecule has 10 nitrogen and oxygen atoms in total. The highest BCUT2D eigenvalue weighted by atomic mass is 35.5.